The van der Waals surface area contributed by atoms with Crippen LogP contribution in [0.4, 0.5) is 22.9 Å². The number of amides is 1. The van der Waals surface area contributed by atoms with Gasteiger partial charge in [0.15, 0.2) is 5.82 Å². The maximum Gasteiger partial charge on any atom is 0.265 e. The van der Waals surface area contributed by atoms with Crippen molar-refractivity contribution in [1.82, 2.24) is 10.2 Å². The Balaban J connectivity index is 1.40. The van der Waals surface area contributed by atoms with Crippen LogP contribution >= 0.6 is 22.9 Å². The maximum atomic E-state index is 12.2. The lowest BCUT2D eigenvalue weighted by molar-refractivity contribution is 0.103. The van der Waals surface area contributed by atoms with E-state index in [-0.39, 0.29) is 5.91 Å². The van der Waals surface area contributed by atoms with Gasteiger partial charge in [0.1, 0.15) is 0 Å². The summed E-state index contributed by atoms with van der Waals surface area (Å²) < 4.78 is 0.594. The van der Waals surface area contributed by atoms with E-state index in [0.29, 0.717) is 20.7 Å². The number of nitrogens with one attached hydrogen (secondary N) is 2. The van der Waals surface area contributed by atoms with Gasteiger partial charge in [0, 0.05) is 30.5 Å². The fourth-order valence-corrected chi connectivity index (χ4v) is 3.92. The molecule has 1 fully saturated rings. The first-order chi connectivity index (χ1) is 13.2. The van der Waals surface area contributed by atoms with E-state index in [1.165, 1.54) is 24.2 Å². The highest BCUT2D eigenvalue weighted by atomic mass is 35.5. The van der Waals surface area contributed by atoms with Crippen LogP contribution in [0, 0.1) is 0 Å². The van der Waals surface area contributed by atoms with Crippen LogP contribution in [0.15, 0.2) is 48.7 Å². The summed E-state index contributed by atoms with van der Waals surface area (Å²) in [5.41, 5.74) is 2.68. The number of aromatic nitrogens is 2. The molecule has 2 aromatic heterocycles. The first-order valence-electron chi connectivity index (χ1n) is 8.69. The molecule has 0 bridgehead atoms. The Kier molecular flexibility index (Phi) is 5.22. The second-order valence-electron chi connectivity index (χ2n) is 6.25. The first-order valence-corrected chi connectivity index (χ1v) is 9.88. The van der Waals surface area contributed by atoms with Crippen molar-refractivity contribution in [3.8, 4) is 0 Å². The molecule has 0 saturated carbocycles. The number of benzene rings is 1. The SMILES string of the molecule is O=C(Nc1ccc(Nc2cc(N3CCCC3)cnn2)cc1)c1ccc(Cl)s1. The predicted molar refractivity (Wildman–Crippen MR) is 110 cm³/mol. The molecule has 0 unspecified atom stereocenters. The lowest BCUT2D eigenvalue weighted by Gasteiger charge is -2.17. The minimum absolute atomic E-state index is 0.170. The number of nitrogens with zero attached hydrogens (tertiary/aromatic N) is 3. The largest absolute Gasteiger partial charge is 0.370 e. The van der Waals surface area contributed by atoms with Gasteiger partial charge in [0.25, 0.3) is 5.91 Å². The normalized spacial score (nSPS) is 13.6. The van der Waals surface area contributed by atoms with Crippen molar-refractivity contribution in [2.45, 2.75) is 12.8 Å². The van der Waals surface area contributed by atoms with Gasteiger partial charge in [-0.05, 0) is 49.2 Å². The number of rotatable bonds is 5. The number of thiophene rings is 1. The third-order valence-electron chi connectivity index (χ3n) is 4.32. The molecule has 0 atom stereocenters. The van der Waals surface area contributed by atoms with Crippen LogP contribution < -0.4 is 15.5 Å². The van der Waals surface area contributed by atoms with Crippen LogP contribution in [0.5, 0.6) is 0 Å². The molecule has 1 aromatic carbocycles. The topological polar surface area (TPSA) is 70.2 Å². The van der Waals surface area contributed by atoms with Crippen molar-refractivity contribution in [2.24, 2.45) is 0 Å². The van der Waals surface area contributed by atoms with Gasteiger partial charge in [-0.25, -0.2) is 0 Å². The Morgan fingerprint density at radius 2 is 1.81 bits per heavy atom. The Hall–Kier alpha value is -2.64. The lowest BCUT2D eigenvalue weighted by Crippen LogP contribution is -2.18. The van der Waals surface area contributed by atoms with Crippen LogP contribution in [-0.4, -0.2) is 29.2 Å². The van der Waals surface area contributed by atoms with Crippen molar-refractivity contribution < 1.29 is 4.79 Å². The van der Waals surface area contributed by atoms with E-state index in [9.17, 15) is 4.79 Å². The number of halogens is 1. The Bertz CT molecular complexity index is 937. The minimum atomic E-state index is -0.170. The van der Waals surface area contributed by atoms with E-state index in [4.69, 9.17) is 11.6 Å². The van der Waals surface area contributed by atoms with Gasteiger partial charge in [-0.3, -0.25) is 4.79 Å². The molecule has 2 N–H and O–H groups in total. The van der Waals surface area contributed by atoms with Crippen molar-refractivity contribution in [3.05, 3.63) is 57.9 Å². The zero-order valence-corrected chi connectivity index (χ0v) is 16.1. The minimum Gasteiger partial charge on any atom is -0.370 e. The van der Waals surface area contributed by atoms with Gasteiger partial charge in [0.05, 0.1) is 21.1 Å². The van der Waals surface area contributed by atoms with Crippen molar-refractivity contribution in [2.75, 3.05) is 28.6 Å². The van der Waals surface area contributed by atoms with E-state index >= 15 is 0 Å². The third kappa shape index (κ3) is 4.37. The third-order valence-corrected chi connectivity index (χ3v) is 5.55. The van der Waals surface area contributed by atoms with Crippen molar-refractivity contribution in [1.29, 1.82) is 0 Å². The fraction of sp³-hybridized carbons (Fsp3) is 0.211. The number of carbonyl (C=O) groups is 1. The smallest absolute Gasteiger partial charge is 0.265 e. The zero-order chi connectivity index (χ0) is 18.6. The van der Waals surface area contributed by atoms with E-state index in [1.807, 2.05) is 30.3 Å². The summed E-state index contributed by atoms with van der Waals surface area (Å²) in [5, 5.41) is 14.4. The van der Waals surface area contributed by atoms with Gasteiger partial charge >= 0.3 is 0 Å². The van der Waals surface area contributed by atoms with E-state index in [1.54, 1.807) is 18.3 Å². The van der Waals surface area contributed by atoms with E-state index in [2.05, 4.69) is 25.7 Å². The number of hydrogen-bond donors (Lipinski definition) is 2. The fourth-order valence-electron chi connectivity index (χ4n) is 2.98. The molecule has 27 heavy (non-hydrogen) atoms. The summed E-state index contributed by atoms with van der Waals surface area (Å²) >= 11 is 7.13. The van der Waals surface area contributed by atoms with Crippen molar-refractivity contribution in [3.63, 3.8) is 0 Å². The molecular weight excluding hydrogens is 382 g/mol. The average molecular weight is 400 g/mol. The summed E-state index contributed by atoms with van der Waals surface area (Å²) in [6, 6.07) is 12.9. The van der Waals surface area contributed by atoms with Crippen LogP contribution in [-0.2, 0) is 0 Å². The predicted octanol–water partition coefficient (Wildman–Crippen LogP) is 4.79. The summed E-state index contributed by atoms with van der Waals surface area (Å²) in [7, 11) is 0. The molecule has 1 aliphatic heterocycles. The molecule has 1 aliphatic rings. The van der Waals surface area contributed by atoms with Crippen LogP contribution in [0.25, 0.3) is 0 Å². The Morgan fingerprint density at radius 1 is 1.07 bits per heavy atom. The molecule has 0 spiro atoms. The van der Waals surface area contributed by atoms with Gasteiger partial charge in [0.2, 0.25) is 0 Å². The molecular formula is C19H18ClN5OS. The Morgan fingerprint density at radius 3 is 2.52 bits per heavy atom. The molecule has 1 amide bonds. The Labute approximate surface area is 166 Å². The van der Waals surface area contributed by atoms with Gasteiger partial charge in [-0.2, -0.15) is 5.10 Å². The average Bonchev–Trinajstić information content (AvgIpc) is 3.35. The molecule has 4 rings (SSSR count). The molecule has 6 nitrogen and oxygen atoms in total. The molecule has 8 heteroatoms. The van der Waals surface area contributed by atoms with Gasteiger partial charge in [-0.1, -0.05) is 11.6 Å². The molecule has 0 aliphatic carbocycles. The van der Waals surface area contributed by atoms with Crippen LogP contribution in [0.3, 0.4) is 0 Å². The maximum absolute atomic E-state index is 12.2. The standard InChI is InChI=1S/C19H18ClN5OS/c20-17-8-7-16(27-17)19(26)23-14-5-3-13(4-6-14)22-18-11-15(12-21-24-18)25-9-1-2-10-25/h3-8,11-12H,1-2,9-10H2,(H,22,24)(H,23,26). The summed E-state index contributed by atoms with van der Waals surface area (Å²) in [6.07, 6.45) is 4.23. The monoisotopic (exact) mass is 399 g/mol. The number of hydrogen-bond acceptors (Lipinski definition) is 6. The highest BCUT2D eigenvalue weighted by Gasteiger charge is 2.13. The van der Waals surface area contributed by atoms with E-state index < -0.39 is 0 Å². The molecule has 3 aromatic rings. The number of anilines is 4. The molecule has 0 radical (unpaired) electrons. The van der Waals surface area contributed by atoms with Gasteiger partial charge in [-0.15, -0.1) is 16.4 Å². The second-order valence-corrected chi connectivity index (χ2v) is 7.97. The van der Waals surface area contributed by atoms with Crippen molar-refractivity contribution >= 4 is 51.7 Å². The van der Waals surface area contributed by atoms with Gasteiger partial charge < -0.3 is 15.5 Å². The summed E-state index contributed by atoms with van der Waals surface area (Å²) in [6.45, 7) is 2.13. The number of carbonyl (C=O) groups excluding carboxylic acids is 1. The highest BCUT2D eigenvalue weighted by Crippen LogP contribution is 2.25. The highest BCUT2D eigenvalue weighted by molar-refractivity contribution is 7.18. The first kappa shape index (κ1) is 17.8. The van der Waals surface area contributed by atoms with Crippen LogP contribution in [0.2, 0.25) is 4.34 Å². The summed E-state index contributed by atoms with van der Waals surface area (Å²) in [4.78, 5) is 15.1. The molecule has 1 saturated heterocycles. The van der Waals surface area contributed by atoms with Crippen LogP contribution in [0.1, 0.15) is 22.5 Å². The zero-order valence-electron chi connectivity index (χ0n) is 14.5. The molecule has 138 valence electrons. The second kappa shape index (κ2) is 7.94. The lowest BCUT2D eigenvalue weighted by atomic mass is 10.2. The quantitative estimate of drug-likeness (QED) is 0.645. The van der Waals surface area contributed by atoms with E-state index in [0.717, 1.165) is 24.5 Å². The summed E-state index contributed by atoms with van der Waals surface area (Å²) in [5.74, 6) is 0.529. The molecule has 3 heterocycles.